The first-order valence-corrected chi connectivity index (χ1v) is 18.1. The molecule has 0 saturated carbocycles. The summed E-state index contributed by atoms with van der Waals surface area (Å²) in [5, 5.41) is 13.9. The van der Waals surface area contributed by atoms with Gasteiger partial charge in [0, 0.05) is 59.1 Å². The summed E-state index contributed by atoms with van der Waals surface area (Å²) in [6.07, 6.45) is 10.5. The molecular weight excluding hydrogens is 699 g/mol. The molecule has 1 aliphatic heterocycles. The fraction of sp³-hybridized carbons (Fsp3) is 0.174. The van der Waals surface area contributed by atoms with Gasteiger partial charge in [0.05, 0.1) is 29.2 Å². The zero-order valence-corrected chi connectivity index (χ0v) is 30.1. The van der Waals surface area contributed by atoms with Crippen LogP contribution in [0.4, 0.5) is 23.2 Å². The Morgan fingerprint density at radius 2 is 1.64 bits per heavy atom. The van der Waals surface area contributed by atoms with Crippen LogP contribution in [0.2, 0.25) is 0 Å². The van der Waals surface area contributed by atoms with Crippen molar-refractivity contribution in [1.29, 1.82) is 5.26 Å². The van der Waals surface area contributed by atoms with Gasteiger partial charge >= 0.3 is 0 Å². The zero-order chi connectivity index (χ0) is 38.2. The minimum atomic E-state index is -1.56. The molecule has 4 atom stereocenters. The van der Waals surface area contributed by atoms with E-state index < -0.39 is 52.8 Å². The predicted octanol–water partition coefficient (Wildman–Crippen LogP) is 11.2. The summed E-state index contributed by atoms with van der Waals surface area (Å²) in [5.74, 6) is -8.80. The van der Waals surface area contributed by atoms with E-state index in [1.165, 1.54) is 12.6 Å². The second-order valence-electron chi connectivity index (χ2n) is 13.9. The van der Waals surface area contributed by atoms with Gasteiger partial charge in [0.2, 0.25) is 0 Å². The molecule has 1 aromatic heterocycles. The molecular formula is C46H35F4N5. The molecule has 8 rings (SSSR count). The number of allylic oxidation sites excluding steroid dienone is 1. The van der Waals surface area contributed by atoms with Gasteiger partial charge in [0.1, 0.15) is 0 Å². The summed E-state index contributed by atoms with van der Waals surface area (Å²) < 4.78 is 61.6. The lowest BCUT2D eigenvalue weighted by Gasteiger charge is -2.23. The third kappa shape index (κ3) is 6.43. The summed E-state index contributed by atoms with van der Waals surface area (Å²) in [7, 11) is 1.41. The normalized spacial score (nSPS) is 17.0. The second kappa shape index (κ2) is 14.9. The quantitative estimate of drug-likeness (QED) is 0.0913. The third-order valence-corrected chi connectivity index (χ3v) is 10.7. The lowest BCUT2D eigenvalue weighted by atomic mass is 9.79. The molecule has 0 bridgehead atoms. The van der Waals surface area contributed by atoms with Gasteiger partial charge in [-0.05, 0) is 70.6 Å². The highest BCUT2D eigenvalue weighted by Gasteiger charge is 2.40. The first kappa shape index (κ1) is 35.8. The van der Waals surface area contributed by atoms with E-state index in [-0.39, 0.29) is 12.0 Å². The van der Waals surface area contributed by atoms with Gasteiger partial charge in [-0.25, -0.2) is 17.6 Å². The maximum absolute atomic E-state index is 15.6. The molecule has 55 heavy (non-hydrogen) atoms. The SMILES string of the molecule is CNCc1c(F)c(F)c(C(C#N)C2c3ccccc3-c3ccc(C(C)C=Nc4cccc5cc(-c6ccc(C7CC=CC=N7)cc6)cnc45)cc32)c(F)c1F. The van der Waals surface area contributed by atoms with Gasteiger partial charge in [-0.2, -0.15) is 5.26 Å². The summed E-state index contributed by atoms with van der Waals surface area (Å²) in [6, 6.07) is 31.5. The van der Waals surface area contributed by atoms with Crippen LogP contribution >= 0.6 is 0 Å². The van der Waals surface area contributed by atoms with E-state index in [0.717, 1.165) is 45.1 Å². The van der Waals surface area contributed by atoms with Crippen LogP contribution < -0.4 is 5.32 Å². The first-order chi connectivity index (χ1) is 26.8. The monoisotopic (exact) mass is 733 g/mol. The Balaban J connectivity index is 1.10. The molecule has 0 amide bonds. The van der Waals surface area contributed by atoms with E-state index >= 15 is 17.6 Å². The fourth-order valence-electron chi connectivity index (χ4n) is 7.80. The molecule has 0 spiro atoms. The van der Waals surface area contributed by atoms with Crippen LogP contribution in [0, 0.1) is 34.6 Å². The number of aliphatic imine (C=N–C) groups is 2. The van der Waals surface area contributed by atoms with Crippen molar-refractivity contribution in [2.75, 3.05) is 7.05 Å². The Morgan fingerprint density at radius 3 is 2.36 bits per heavy atom. The van der Waals surface area contributed by atoms with Crippen LogP contribution in [-0.4, -0.2) is 24.5 Å². The van der Waals surface area contributed by atoms with Crippen molar-refractivity contribution in [2.24, 2.45) is 9.98 Å². The summed E-state index contributed by atoms with van der Waals surface area (Å²) >= 11 is 0. The van der Waals surface area contributed by atoms with Crippen molar-refractivity contribution in [3.8, 4) is 28.3 Å². The van der Waals surface area contributed by atoms with Crippen LogP contribution in [0.1, 0.15) is 70.5 Å². The maximum atomic E-state index is 15.6. The number of halogens is 4. The number of nitriles is 1. The van der Waals surface area contributed by atoms with Crippen LogP contribution in [0.5, 0.6) is 0 Å². The first-order valence-electron chi connectivity index (χ1n) is 18.1. The van der Waals surface area contributed by atoms with E-state index in [0.29, 0.717) is 16.8 Å². The number of nitrogens with zero attached hydrogens (tertiary/aromatic N) is 4. The lowest BCUT2D eigenvalue weighted by Crippen LogP contribution is -2.19. The zero-order valence-electron chi connectivity index (χ0n) is 30.1. The third-order valence-electron chi connectivity index (χ3n) is 10.7. The molecule has 272 valence electrons. The average molecular weight is 734 g/mol. The maximum Gasteiger partial charge on any atom is 0.166 e. The number of fused-ring (bicyclic) bond motifs is 4. The highest BCUT2D eigenvalue weighted by molar-refractivity contribution is 5.93. The minimum absolute atomic E-state index is 0.137. The fourth-order valence-corrected chi connectivity index (χ4v) is 7.80. The van der Waals surface area contributed by atoms with Crippen molar-refractivity contribution in [3.63, 3.8) is 0 Å². The van der Waals surface area contributed by atoms with Crippen LogP contribution in [0.3, 0.4) is 0 Å². The van der Waals surface area contributed by atoms with Crippen molar-refractivity contribution >= 4 is 29.0 Å². The number of aromatic nitrogens is 1. The van der Waals surface area contributed by atoms with Crippen molar-refractivity contribution in [3.05, 3.63) is 166 Å². The Morgan fingerprint density at radius 1 is 0.873 bits per heavy atom. The lowest BCUT2D eigenvalue weighted by molar-refractivity contribution is 0.415. The Hall–Kier alpha value is -6.24. The summed E-state index contributed by atoms with van der Waals surface area (Å²) in [4.78, 5) is 14.2. The smallest absolute Gasteiger partial charge is 0.166 e. The van der Waals surface area contributed by atoms with E-state index in [1.807, 2.05) is 86.2 Å². The molecule has 4 unspecified atom stereocenters. The second-order valence-corrected chi connectivity index (χ2v) is 13.9. The molecule has 0 fully saturated rings. The van der Waals surface area contributed by atoms with E-state index in [4.69, 9.17) is 9.98 Å². The molecule has 5 nitrogen and oxygen atoms in total. The molecule has 5 aromatic carbocycles. The van der Waals surface area contributed by atoms with Gasteiger partial charge < -0.3 is 5.32 Å². The van der Waals surface area contributed by atoms with Crippen LogP contribution in [0.15, 0.2) is 119 Å². The number of benzene rings is 5. The average Bonchev–Trinajstić information content (AvgIpc) is 3.55. The highest BCUT2D eigenvalue weighted by atomic mass is 19.2. The summed E-state index contributed by atoms with van der Waals surface area (Å²) in [6.45, 7) is 1.56. The molecule has 2 aliphatic rings. The topological polar surface area (TPSA) is 73.4 Å². The highest BCUT2D eigenvalue weighted by Crippen LogP contribution is 2.52. The molecule has 1 N–H and O–H groups in total. The largest absolute Gasteiger partial charge is 0.315 e. The van der Waals surface area contributed by atoms with E-state index in [2.05, 4.69) is 46.7 Å². The number of nitrogens with one attached hydrogen (secondary N) is 1. The molecule has 6 aromatic rings. The predicted molar refractivity (Wildman–Crippen MR) is 210 cm³/mol. The molecule has 1 aliphatic carbocycles. The molecule has 0 saturated heterocycles. The van der Waals surface area contributed by atoms with Gasteiger partial charge in [-0.3, -0.25) is 15.0 Å². The van der Waals surface area contributed by atoms with Crippen molar-refractivity contribution in [1.82, 2.24) is 10.3 Å². The van der Waals surface area contributed by atoms with Crippen LogP contribution in [0.25, 0.3) is 33.2 Å². The van der Waals surface area contributed by atoms with Gasteiger partial charge in [-0.15, -0.1) is 0 Å². The summed E-state index contributed by atoms with van der Waals surface area (Å²) in [5.41, 5.74) is 6.69. The number of pyridine rings is 1. The minimum Gasteiger partial charge on any atom is -0.315 e. The number of para-hydroxylation sites is 1. The Kier molecular flexibility index (Phi) is 9.68. The number of rotatable bonds is 9. The van der Waals surface area contributed by atoms with E-state index in [1.54, 1.807) is 12.1 Å². The van der Waals surface area contributed by atoms with Gasteiger partial charge in [0.15, 0.2) is 23.3 Å². The number of hydrogen-bond acceptors (Lipinski definition) is 5. The van der Waals surface area contributed by atoms with Gasteiger partial charge in [0.25, 0.3) is 0 Å². The standard InChI is InChI=1S/C46H35F4N5/c1-26(23-54-39-12-7-8-30-20-31(24-55-46(30)39)27-13-15-28(16-14-27)38-11-5-6-19-53-38)29-17-18-33-32-9-3-4-10-34(32)40(35(33)21-29)36(22-51)41-44(49)42(47)37(25-52-2)43(48)45(41)50/h3-10,12-21,23-24,26,36,38,40,52H,11,25H2,1-2H3. The van der Waals surface area contributed by atoms with E-state index in [9.17, 15) is 5.26 Å². The van der Waals surface area contributed by atoms with Crippen LogP contribution in [-0.2, 0) is 6.54 Å². The van der Waals surface area contributed by atoms with Crippen molar-refractivity contribution in [2.45, 2.75) is 43.7 Å². The molecule has 2 heterocycles. The molecule has 9 heteroatoms. The Labute approximate surface area is 316 Å². The number of dihydropyridines is 1. The Bertz CT molecular complexity index is 2560. The molecule has 0 radical (unpaired) electrons. The van der Waals surface area contributed by atoms with Crippen molar-refractivity contribution < 1.29 is 17.6 Å². The number of hydrogen-bond donors (Lipinski definition) is 1. The van der Waals surface area contributed by atoms with Gasteiger partial charge in [-0.1, -0.05) is 91.9 Å².